The minimum Gasteiger partial charge on any atom is -0.462 e. The molecule has 0 saturated heterocycles. The third kappa shape index (κ3) is 48.7. The van der Waals surface area contributed by atoms with Gasteiger partial charge >= 0.3 is 17.9 Å². The fourth-order valence-corrected chi connectivity index (χ4v) is 7.77. The highest BCUT2D eigenvalue weighted by atomic mass is 16.6. The number of allylic oxidation sites excluding steroid dienone is 6. The smallest absolute Gasteiger partial charge is 0.306 e. The molecule has 6 heteroatoms. The summed E-state index contributed by atoms with van der Waals surface area (Å²) in [5.74, 6) is -0.878. The molecule has 0 aromatic rings. The Morgan fingerprint density at radius 2 is 0.613 bits per heavy atom. The van der Waals surface area contributed by atoms with Crippen molar-refractivity contribution >= 4 is 17.9 Å². The summed E-state index contributed by atoms with van der Waals surface area (Å²) in [6.45, 7) is 6.58. The summed E-state index contributed by atoms with van der Waals surface area (Å²) in [7, 11) is 0. The van der Waals surface area contributed by atoms with Gasteiger partial charge in [-0.1, -0.05) is 231 Å². The number of rotatable bonds is 49. The lowest BCUT2D eigenvalue weighted by molar-refractivity contribution is -0.167. The summed E-state index contributed by atoms with van der Waals surface area (Å²) in [6, 6.07) is 0. The summed E-state index contributed by atoms with van der Waals surface area (Å²) in [6.07, 6.45) is 59.9. The molecule has 1 unspecified atom stereocenters. The molecule has 0 saturated carbocycles. The zero-order valence-corrected chi connectivity index (χ0v) is 41.4. The number of hydrogen-bond donors (Lipinski definition) is 0. The molecule has 0 fully saturated rings. The Hall–Kier alpha value is -2.37. The fraction of sp³-hybridized carbons (Fsp3) is 0.839. The molecule has 0 heterocycles. The molecular formula is C56H102O6. The predicted molar refractivity (Wildman–Crippen MR) is 266 cm³/mol. The van der Waals surface area contributed by atoms with Gasteiger partial charge in [0.25, 0.3) is 0 Å². The average molecular weight is 871 g/mol. The van der Waals surface area contributed by atoms with Gasteiger partial charge in [-0.05, 0) is 70.6 Å². The lowest BCUT2D eigenvalue weighted by Crippen LogP contribution is -2.30. The first kappa shape index (κ1) is 59.6. The van der Waals surface area contributed by atoms with Crippen LogP contribution in [-0.4, -0.2) is 37.2 Å². The topological polar surface area (TPSA) is 78.9 Å². The molecule has 62 heavy (non-hydrogen) atoms. The van der Waals surface area contributed by atoms with Crippen LogP contribution in [0.2, 0.25) is 0 Å². The van der Waals surface area contributed by atoms with E-state index >= 15 is 0 Å². The molecule has 362 valence electrons. The first-order chi connectivity index (χ1) is 30.5. The number of carbonyl (C=O) groups is 3. The molecule has 1 atom stereocenters. The van der Waals surface area contributed by atoms with Gasteiger partial charge in [0.15, 0.2) is 6.10 Å². The van der Waals surface area contributed by atoms with Crippen molar-refractivity contribution in [3.63, 3.8) is 0 Å². The maximum atomic E-state index is 12.8. The number of unbranched alkanes of at least 4 members (excludes halogenated alkanes) is 32. The van der Waals surface area contributed by atoms with Crippen molar-refractivity contribution in [2.24, 2.45) is 0 Å². The zero-order valence-electron chi connectivity index (χ0n) is 41.4. The SMILES string of the molecule is CCC/C=C\CCCCCCCC(=O)OCC(COC(=O)CCCCCCCCCCC/C=C\C/C=C\CCCCCCC)OC(=O)CCCCCCCCCCCCCCC. The van der Waals surface area contributed by atoms with Crippen LogP contribution in [-0.2, 0) is 28.6 Å². The van der Waals surface area contributed by atoms with E-state index in [4.69, 9.17) is 14.2 Å². The highest BCUT2D eigenvalue weighted by Crippen LogP contribution is 2.16. The Bertz CT molecular complexity index is 1050. The van der Waals surface area contributed by atoms with Crippen LogP contribution in [0.5, 0.6) is 0 Å². The van der Waals surface area contributed by atoms with Gasteiger partial charge in [0.2, 0.25) is 0 Å². The molecule has 0 rings (SSSR count). The fourth-order valence-electron chi connectivity index (χ4n) is 7.77. The zero-order chi connectivity index (χ0) is 45.1. The van der Waals surface area contributed by atoms with Crippen LogP contribution in [0.1, 0.15) is 284 Å². The maximum Gasteiger partial charge on any atom is 0.306 e. The van der Waals surface area contributed by atoms with E-state index < -0.39 is 6.10 Å². The van der Waals surface area contributed by atoms with Crippen LogP contribution in [0.3, 0.4) is 0 Å². The number of hydrogen-bond acceptors (Lipinski definition) is 6. The molecule has 0 aliphatic carbocycles. The Kier molecular flexibility index (Phi) is 49.3. The molecule has 0 N–H and O–H groups in total. The van der Waals surface area contributed by atoms with Crippen LogP contribution in [0.25, 0.3) is 0 Å². The minimum atomic E-state index is -0.772. The van der Waals surface area contributed by atoms with Gasteiger partial charge in [0.05, 0.1) is 0 Å². The van der Waals surface area contributed by atoms with Crippen molar-refractivity contribution in [2.45, 2.75) is 290 Å². The Labute approximate surface area is 385 Å². The quantitative estimate of drug-likeness (QED) is 0.0262. The van der Waals surface area contributed by atoms with E-state index in [0.29, 0.717) is 19.3 Å². The van der Waals surface area contributed by atoms with Gasteiger partial charge in [-0.3, -0.25) is 14.4 Å². The van der Waals surface area contributed by atoms with Crippen LogP contribution >= 0.6 is 0 Å². The maximum absolute atomic E-state index is 12.8. The molecule has 0 aromatic heterocycles. The molecular weight excluding hydrogens is 769 g/mol. The predicted octanol–water partition coefficient (Wildman–Crippen LogP) is 17.7. The normalized spacial score (nSPS) is 12.2. The molecule has 6 nitrogen and oxygen atoms in total. The number of ether oxygens (including phenoxy) is 3. The first-order valence-electron chi connectivity index (χ1n) is 27.0. The van der Waals surface area contributed by atoms with E-state index in [1.807, 2.05) is 0 Å². The molecule has 0 radical (unpaired) electrons. The molecule has 0 amide bonds. The van der Waals surface area contributed by atoms with Crippen molar-refractivity contribution in [1.29, 1.82) is 0 Å². The van der Waals surface area contributed by atoms with E-state index in [-0.39, 0.29) is 31.1 Å². The van der Waals surface area contributed by atoms with Gasteiger partial charge < -0.3 is 14.2 Å². The van der Waals surface area contributed by atoms with E-state index in [9.17, 15) is 14.4 Å². The van der Waals surface area contributed by atoms with Crippen molar-refractivity contribution in [2.75, 3.05) is 13.2 Å². The Morgan fingerprint density at radius 1 is 0.323 bits per heavy atom. The lowest BCUT2D eigenvalue weighted by Gasteiger charge is -2.18. The third-order valence-electron chi connectivity index (χ3n) is 11.8. The molecule has 0 spiro atoms. The second kappa shape index (κ2) is 51.3. The van der Waals surface area contributed by atoms with Crippen molar-refractivity contribution in [3.05, 3.63) is 36.5 Å². The number of carbonyl (C=O) groups excluding carboxylic acids is 3. The van der Waals surface area contributed by atoms with E-state index in [1.165, 1.54) is 167 Å². The van der Waals surface area contributed by atoms with Crippen molar-refractivity contribution in [1.82, 2.24) is 0 Å². The lowest BCUT2D eigenvalue weighted by atomic mass is 10.0. The van der Waals surface area contributed by atoms with Gasteiger partial charge in [0.1, 0.15) is 13.2 Å². The van der Waals surface area contributed by atoms with Crippen LogP contribution < -0.4 is 0 Å². The van der Waals surface area contributed by atoms with Crippen molar-refractivity contribution in [3.8, 4) is 0 Å². The highest BCUT2D eigenvalue weighted by molar-refractivity contribution is 5.71. The van der Waals surface area contributed by atoms with E-state index in [1.54, 1.807) is 0 Å². The van der Waals surface area contributed by atoms with Crippen molar-refractivity contribution < 1.29 is 28.6 Å². The second-order valence-corrected chi connectivity index (χ2v) is 18.1. The molecule has 0 aromatic carbocycles. The summed E-state index contributed by atoms with van der Waals surface area (Å²) in [5, 5.41) is 0. The monoisotopic (exact) mass is 871 g/mol. The minimum absolute atomic E-state index is 0.0742. The van der Waals surface area contributed by atoms with Gasteiger partial charge in [-0.15, -0.1) is 0 Å². The van der Waals surface area contributed by atoms with Gasteiger partial charge in [0, 0.05) is 19.3 Å². The summed E-state index contributed by atoms with van der Waals surface area (Å²) >= 11 is 0. The van der Waals surface area contributed by atoms with E-state index in [2.05, 4.69) is 57.2 Å². The first-order valence-corrected chi connectivity index (χ1v) is 27.0. The summed E-state index contributed by atoms with van der Waals surface area (Å²) in [4.78, 5) is 37.9. The second-order valence-electron chi connectivity index (χ2n) is 18.1. The highest BCUT2D eigenvalue weighted by Gasteiger charge is 2.19. The Morgan fingerprint density at radius 3 is 0.968 bits per heavy atom. The standard InChI is InChI=1S/C56H102O6/c1-4-7-10-13-16-19-22-24-25-26-27-28-29-30-31-33-34-37-40-43-46-49-55(58)61-52-53(51-60-54(57)48-45-42-39-36-21-18-15-12-9-6-3)62-56(59)50-47-44-41-38-35-32-23-20-17-14-11-8-5-2/h12,15,22,24,26-27,53H,4-11,13-14,16-21,23,25,28-52H2,1-3H3/b15-12-,24-22-,27-26-. The van der Waals surface area contributed by atoms with E-state index in [0.717, 1.165) is 77.0 Å². The average Bonchev–Trinajstić information content (AvgIpc) is 3.27. The molecule has 0 aliphatic rings. The molecule has 0 aliphatic heterocycles. The van der Waals surface area contributed by atoms with Crippen LogP contribution in [0.15, 0.2) is 36.5 Å². The third-order valence-corrected chi connectivity index (χ3v) is 11.8. The summed E-state index contributed by atoms with van der Waals surface area (Å²) in [5.41, 5.74) is 0. The number of esters is 3. The summed E-state index contributed by atoms with van der Waals surface area (Å²) < 4.78 is 16.8. The van der Waals surface area contributed by atoms with Gasteiger partial charge in [-0.2, -0.15) is 0 Å². The van der Waals surface area contributed by atoms with Gasteiger partial charge in [-0.25, -0.2) is 0 Å². The van der Waals surface area contributed by atoms with Crippen LogP contribution in [0, 0.1) is 0 Å². The molecule has 0 bridgehead atoms. The van der Waals surface area contributed by atoms with Crippen LogP contribution in [0.4, 0.5) is 0 Å². The largest absolute Gasteiger partial charge is 0.462 e. The Balaban J connectivity index is 4.26.